The molecule has 134 valence electrons. The van der Waals surface area contributed by atoms with E-state index in [-0.39, 0.29) is 6.54 Å². The molecule has 1 aromatic rings. The molecule has 0 aliphatic rings. The van der Waals surface area contributed by atoms with Gasteiger partial charge in [-0.05, 0) is 65.3 Å². The highest BCUT2D eigenvalue weighted by Crippen LogP contribution is 2.22. The van der Waals surface area contributed by atoms with E-state index in [9.17, 15) is 14.0 Å². The Kier molecular flexibility index (Phi) is 6.38. The molecule has 0 radical (unpaired) electrons. The highest BCUT2D eigenvalue weighted by atomic mass is 79.9. The number of ether oxygens (including phenoxy) is 2. The molecule has 1 rings (SSSR count). The number of hydrogen-bond donors (Lipinski definition) is 0. The summed E-state index contributed by atoms with van der Waals surface area (Å²) in [6, 6.07) is 4.03. The number of benzene rings is 1. The molecule has 24 heavy (non-hydrogen) atoms. The maximum atomic E-state index is 13.5. The van der Waals surface area contributed by atoms with Gasteiger partial charge < -0.3 is 9.47 Å². The zero-order valence-electron chi connectivity index (χ0n) is 14.8. The van der Waals surface area contributed by atoms with E-state index in [0.29, 0.717) is 10.0 Å². The van der Waals surface area contributed by atoms with Gasteiger partial charge in [-0.1, -0.05) is 15.9 Å². The SMILES string of the molecule is CC(C)(C)OC(=O)N(Cc1cc(F)ccc1Br)C(=O)OC(C)(C)C. The molecule has 0 aromatic heterocycles. The zero-order chi connectivity index (χ0) is 18.7. The normalized spacial score (nSPS) is 11.8. The van der Waals surface area contributed by atoms with Crippen molar-refractivity contribution >= 4 is 28.1 Å². The Morgan fingerprint density at radius 3 is 1.92 bits per heavy atom. The lowest BCUT2D eigenvalue weighted by molar-refractivity contribution is -0.000302. The third-order valence-electron chi connectivity index (χ3n) is 2.56. The molecule has 0 bridgehead atoms. The van der Waals surface area contributed by atoms with Gasteiger partial charge >= 0.3 is 12.2 Å². The Morgan fingerprint density at radius 2 is 1.50 bits per heavy atom. The predicted molar refractivity (Wildman–Crippen MR) is 92.1 cm³/mol. The van der Waals surface area contributed by atoms with Gasteiger partial charge in [-0.2, -0.15) is 0 Å². The number of amides is 2. The van der Waals surface area contributed by atoms with Crippen molar-refractivity contribution in [3.05, 3.63) is 34.1 Å². The molecule has 0 spiro atoms. The number of hydrogen-bond acceptors (Lipinski definition) is 4. The van der Waals surface area contributed by atoms with Gasteiger partial charge in [0.1, 0.15) is 17.0 Å². The molecule has 0 saturated heterocycles. The van der Waals surface area contributed by atoms with Crippen molar-refractivity contribution in [2.75, 3.05) is 0 Å². The lowest BCUT2D eigenvalue weighted by Gasteiger charge is -2.28. The van der Waals surface area contributed by atoms with E-state index in [4.69, 9.17) is 9.47 Å². The molecule has 1 aromatic carbocycles. The first-order valence-corrected chi connectivity index (χ1v) is 8.25. The minimum Gasteiger partial charge on any atom is -0.443 e. The Balaban J connectivity index is 3.10. The number of carbonyl (C=O) groups is 2. The first-order chi connectivity index (χ1) is 10.8. The minimum absolute atomic E-state index is 0.178. The van der Waals surface area contributed by atoms with Crippen LogP contribution in [0.15, 0.2) is 22.7 Å². The Hall–Kier alpha value is -1.63. The maximum absolute atomic E-state index is 13.5. The fourth-order valence-electron chi connectivity index (χ4n) is 1.67. The van der Waals surface area contributed by atoms with E-state index < -0.39 is 29.2 Å². The van der Waals surface area contributed by atoms with E-state index in [0.717, 1.165) is 4.90 Å². The summed E-state index contributed by atoms with van der Waals surface area (Å²) in [6.07, 6.45) is -1.71. The Bertz CT molecular complexity index is 592. The van der Waals surface area contributed by atoms with Crippen LogP contribution in [0.4, 0.5) is 14.0 Å². The summed E-state index contributed by atoms with van der Waals surface area (Å²) in [4.78, 5) is 25.6. The molecule has 7 heteroatoms. The van der Waals surface area contributed by atoms with E-state index in [1.165, 1.54) is 18.2 Å². The van der Waals surface area contributed by atoms with Crippen LogP contribution >= 0.6 is 15.9 Å². The van der Waals surface area contributed by atoms with Crippen molar-refractivity contribution < 1.29 is 23.5 Å². The molecular formula is C17H23BrFNO4. The Labute approximate surface area is 150 Å². The first kappa shape index (κ1) is 20.4. The molecular weight excluding hydrogens is 381 g/mol. The highest BCUT2D eigenvalue weighted by molar-refractivity contribution is 9.10. The van der Waals surface area contributed by atoms with Gasteiger partial charge in [-0.3, -0.25) is 0 Å². The molecule has 0 fully saturated rings. The lowest BCUT2D eigenvalue weighted by atomic mass is 10.2. The molecule has 0 heterocycles. The second kappa shape index (κ2) is 7.51. The van der Waals surface area contributed by atoms with E-state index in [1.807, 2.05) is 0 Å². The minimum atomic E-state index is -0.854. The van der Waals surface area contributed by atoms with Crippen LogP contribution in [0.1, 0.15) is 47.1 Å². The van der Waals surface area contributed by atoms with Crippen molar-refractivity contribution in [2.45, 2.75) is 59.3 Å². The molecule has 2 amide bonds. The van der Waals surface area contributed by atoms with Crippen molar-refractivity contribution in [1.82, 2.24) is 4.90 Å². The van der Waals surface area contributed by atoms with Gasteiger partial charge in [-0.25, -0.2) is 18.9 Å². The standard InChI is InChI=1S/C17H23BrFNO4/c1-16(2,3)23-14(21)20(15(22)24-17(4,5)6)10-11-9-12(19)7-8-13(11)18/h7-9H,10H2,1-6H3. The van der Waals surface area contributed by atoms with E-state index >= 15 is 0 Å². The lowest BCUT2D eigenvalue weighted by Crippen LogP contribution is -2.43. The maximum Gasteiger partial charge on any atom is 0.420 e. The summed E-state index contributed by atoms with van der Waals surface area (Å²) < 4.78 is 24.6. The summed E-state index contributed by atoms with van der Waals surface area (Å²) in [6.45, 7) is 9.97. The fraction of sp³-hybridized carbons (Fsp3) is 0.529. The quantitative estimate of drug-likeness (QED) is 0.675. The summed E-state index contributed by atoms with van der Waals surface area (Å²) in [5.41, 5.74) is -1.14. The predicted octanol–water partition coefficient (Wildman–Crippen LogP) is 5.26. The third kappa shape index (κ3) is 6.86. The van der Waals surface area contributed by atoms with Gasteiger partial charge in [0.15, 0.2) is 0 Å². The highest BCUT2D eigenvalue weighted by Gasteiger charge is 2.31. The first-order valence-electron chi connectivity index (χ1n) is 7.46. The summed E-state index contributed by atoms with van der Waals surface area (Å²) in [5, 5.41) is 0. The molecule has 0 aliphatic heterocycles. The van der Waals surface area contributed by atoms with Crippen LogP contribution in [-0.2, 0) is 16.0 Å². The number of rotatable bonds is 2. The molecule has 0 atom stereocenters. The molecule has 0 aliphatic carbocycles. The monoisotopic (exact) mass is 403 g/mol. The average molecular weight is 404 g/mol. The number of imide groups is 1. The van der Waals surface area contributed by atoms with Crippen LogP contribution in [0, 0.1) is 5.82 Å². The summed E-state index contributed by atoms with van der Waals surface area (Å²) in [5.74, 6) is -0.471. The summed E-state index contributed by atoms with van der Waals surface area (Å²) >= 11 is 3.28. The van der Waals surface area contributed by atoms with Gasteiger partial charge in [0.25, 0.3) is 0 Å². The van der Waals surface area contributed by atoms with Gasteiger partial charge in [0.05, 0.1) is 6.54 Å². The second-order valence-electron chi connectivity index (χ2n) is 7.28. The van der Waals surface area contributed by atoms with Crippen molar-refractivity contribution in [2.24, 2.45) is 0 Å². The third-order valence-corrected chi connectivity index (χ3v) is 3.34. The van der Waals surface area contributed by atoms with Crippen LogP contribution in [0.25, 0.3) is 0 Å². The Morgan fingerprint density at radius 1 is 1.04 bits per heavy atom. The van der Waals surface area contributed by atoms with Gasteiger partial charge in [0, 0.05) is 4.47 Å². The van der Waals surface area contributed by atoms with Crippen LogP contribution in [0.2, 0.25) is 0 Å². The van der Waals surface area contributed by atoms with Crippen molar-refractivity contribution in [3.8, 4) is 0 Å². The van der Waals surface area contributed by atoms with Gasteiger partial charge in [0.2, 0.25) is 0 Å². The second-order valence-corrected chi connectivity index (χ2v) is 8.14. The largest absolute Gasteiger partial charge is 0.443 e. The van der Waals surface area contributed by atoms with E-state index in [1.54, 1.807) is 41.5 Å². The fourth-order valence-corrected chi connectivity index (χ4v) is 2.04. The van der Waals surface area contributed by atoms with Crippen LogP contribution < -0.4 is 0 Å². The summed E-state index contributed by atoms with van der Waals surface area (Å²) in [7, 11) is 0. The smallest absolute Gasteiger partial charge is 0.420 e. The van der Waals surface area contributed by atoms with Crippen LogP contribution in [0.3, 0.4) is 0 Å². The van der Waals surface area contributed by atoms with Crippen molar-refractivity contribution in [1.29, 1.82) is 0 Å². The number of carbonyl (C=O) groups excluding carboxylic acids is 2. The van der Waals surface area contributed by atoms with E-state index in [2.05, 4.69) is 15.9 Å². The molecule has 0 unspecified atom stereocenters. The number of halogens is 2. The number of nitrogens with zero attached hydrogens (tertiary/aromatic N) is 1. The topological polar surface area (TPSA) is 55.8 Å². The molecule has 0 saturated carbocycles. The van der Waals surface area contributed by atoms with Crippen molar-refractivity contribution in [3.63, 3.8) is 0 Å². The zero-order valence-corrected chi connectivity index (χ0v) is 16.4. The van der Waals surface area contributed by atoms with Gasteiger partial charge in [-0.15, -0.1) is 0 Å². The molecule has 5 nitrogen and oxygen atoms in total. The van der Waals surface area contributed by atoms with Crippen LogP contribution in [-0.4, -0.2) is 28.3 Å². The molecule has 0 N–H and O–H groups in total. The average Bonchev–Trinajstić information content (AvgIpc) is 2.35. The van der Waals surface area contributed by atoms with Crippen LogP contribution in [0.5, 0.6) is 0 Å².